The lowest BCUT2D eigenvalue weighted by molar-refractivity contribution is -0.139. The molecule has 0 aromatic carbocycles. The van der Waals surface area contributed by atoms with Gasteiger partial charge >= 0.3 is 5.97 Å². The first-order chi connectivity index (χ1) is 5.25. The summed E-state index contributed by atoms with van der Waals surface area (Å²) in [6.07, 6.45) is 3.04. The van der Waals surface area contributed by atoms with E-state index < -0.39 is 5.97 Å². The standard InChI is InChI=1S/C8H13NO2.ClH/c10-7(11)6-5-8(6)1-3-9-4-2-8;/h6,9H,1-5H2,(H,10,11);1H/t6-;/m0./s1. The molecular formula is C8H14ClNO2. The maximum Gasteiger partial charge on any atom is 0.307 e. The highest BCUT2D eigenvalue weighted by atomic mass is 35.5. The first-order valence-corrected chi connectivity index (χ1v) is 4.18. The second kappa shape index (κ2) is 3.23. The number of carboxylic acid groups (broad SMARTS) is 1. The van der Waals surface area contributed by atoms with Crippen molar-refractivity contribution in [3.8, 4) is 0 Å². The fourth-order valence-corrected chi connectivity index (χ4v) is 2.17. The molecule has 70 valence electrons. The van der Waals surface area contributed by atoms with Crippen LogP contribution in [0.4, 0.5) is 0 Å². The molecule has 2 rings (SSSR count). The number of piperidine rings is 1. The fraction of sp³-hybridized carbons (Fsp3) is 0.875. The van der Waals surface area contributed by atoms with Gasteiger partial charge in [-0.2, -0.15) is 0 Å². The third-order valence-electron chi connectivity index (χ3n) is 3.09. The Kier molecular flexibility index (Phi) is 2.64. The molecule has 3 nitrogen and oxygen atoms in total. The lowest BCUT2D eigenvalue weighted by atomic mass is 9.92. The molecule has 12 heavy (non-hydrogen) atoms. The lowest BCUT2D eigenvalue weighted by Crippen LogP contribution is -2.30. The molecule has 2 N–H and O–H groups in total. The van der Waals surface area contributed by atoms with Gasteiger partial charge in [0.2, 0.25) is 0 Å². The highest BCUT2D eigenvalue weighted by Crippen LogP contribution is 2.58. The van der Waals surface area contributed by atoms with Gasteiger partial charge in [0.15, 0.2) is 0 Å². The number of halogens is 1. The third-order valence-corrected chi connectivity index (χ3v) is 3.09. The van der Waals surface area contributed by atoms with Crippen LogP contribution in [0.2, 0.25) is 0 Å². The van der Waals surface area contributed by atoms with Gasteiger partial charge in [-0.05, 0) is 37.8 Å². The Balaban J connectivity index is 0.000000720. The summed E-state index contributed by atoms with van der Waals surface area (Å²) in [7, 11) is 0. The Hall–Kier alpha value is -0.280. The number of hydrogen-bond acceptors (Lipinski definition) is 2. The summed E-state index contributed by atoms with van der Waals surface area (Å²) >= 11 is 0. The third kappa shape index (κ3) is 1.43. The largest absolute Gasteiger partial charge is 0.481 e. The van der Waals surface area contributed by atoms with E-state index in [-0.39, 0.29) is 23.7 Å². The van der Waals surface area contributed by atoms with Crippen LogP contribution in [0.5, 0.6) is 0 Å². The molecule has 2 fully saturated rings. The van der Waals surface area contributed by atoms with Crippen molar-refractivity contribution in [2.45, 2.75) is 19.3 Å². The van der Waals surface area contributed by atoms with Crippen LogP contribution in [-0.4, -0.2) is 24.2 Å². The van der Waals surface area contributed by atoms with Crippen LogP contribution < -0.4 is 5.32 Å². The van der Waals surface area contributed by atoms with Crippen molar-refractivity contribution in [1.29, 1.82) is 0 Å². The Bertz CT molecular complexity index is 189. The molecule has 0 amide bonds. The SMILES string of the molecule is Cl.O=C(O)[C@@H]1CC12CCNCC2. The van der Waals surface area contributed by atoms with Crippen molar-refractivity contribution in [1.82, 2.24) is 5.32 Å². The van der Waals surface area contributed by atoms with Crippen LogP contribution in [0.15, 0.2) is 0 Å². The molecule has 0 unspecified atom stereocenters. The van der Waals surface area contributed by atoms with Crippen molar-refractivity contribution >= 4 is 18.4 Å². The minimum absolute atomic E-state index is 0. The van der Waals surface area contributed by atoms with E-state index in [1.807, 2.05) is 0 Å². The highest BCUT2D eigenvalue weighted by molar-refractivity contribution is 5.85. The Morgan fingerprint density at radius 2 is 2.00 bits per heavy atom. The molecule has 4 heteroatoms. The van der Waals surface area contributed by atoms with Crippen molar-refractivity contribution in [2.24, 2.45) is 11.3 Å². The Morgan fingerprint density at radius 1 is 1.42 bits per heavy atom. The van der Waals surface area contributed by atoms with E-state index in [4.69, 9.17) is 5.11 Å². The molecule has 1 aliphatic heterocycles. The smallest absolute Gasteiger partial charge is 0.307 e. The normalized spacial score (nSPS) is 30.8. The van der Waals surface area contributed by atoms with Gasteiger partial charge in [0.05, 0.1) is 5.92 Å². The monoisotopic (exact) mass is 191 g/mol. The summed E-state index contributed by atoms with van der Waals surface area (Å²) in [4.78, 5) is 10.6. The maximum atomic E-state index is 10.6. The van der Waals surface area contributed by atoms with Gasteiger partial charge in [-0.1, -0.05) is 0 Å². The molecule has 0 bridgehead atoms. The van der Waals surface area contributed by atoms with Crippen molar-refractivity contribution in [3.05, 3.63) is 0 Å². The second-order valence-corrected chi connectivity index (χ2v) is 3.71. The topological polar surface area (TPSA) is 49.3 Å². The van der Waals surface area contributed by atoms with Crippen LogP contribution in [0, 0.1) is 11.3 Å². The van der Waals surface area contributed by atoms with Crippen molar-refractivity contribution < 1.29 is 9.90 Å². The summed E-state index contributed by atoms with van der Waals surface area (Å²) in [6.45, 7) is 2.01. The van der Waals surface area contributed by atoms with E-state index in [9.17, 15) is 4.79 Å². The van der Waals surface area contributed by atoms with E-state index in [1.165, 1.54) is 0 Å². The maximum absolute atomic E-state index is 10.6. The van der Waals surface area contributed by atoms with E-state index in [1.54, 1.807) is 0 Å². The second-order valence-electron chi connectivity index (χ2n) is 3.71. The van der Waals surface area contributed by atoms with Gasteiger partial charge in [-0.25, -0.2) is 0 Å². The lowest BCUT2D eigenvalue weighted by Gasteiger charge is -2.22. The predicted molar refractivity (Wildman–Crippen MR) is 47.5 cm³/mol. The number of nitrogens with one attached hydrogen (secondary N) is 1. The minimum Gasteiger partial charge on any atom is -0.481 e. The van der Waals surface area contributed by atoms with Gasteiger partial charge in [0.1, 0.15) is 0 Å². The van der Waals surface area contributed by atoms with Crippen LogP contribution >= 0.6 is 12.4 Å². The molecular weight excluding hydrogens is 178 g/mol. The molecule has 1 heterocycles. The van der Waals surface area contributed by atoms with Gasteiger partial charge in [-0.15, -0.1) is 12.4 Å². The average Bonchev–Trinajstić information content (AvgIpc) is 2.66. The van der Waals surface area contributed by atoms with Crippen LogP contribution in [-0.2, 0) is 4.79 Å². The molecule has 0 radical (unpaired) electrons. The molecule has 0 aromatic heterocycles. The zero-order chi connectivity index (χ0) is 7.90. The van der Waals surface area contributed by atoms with Crippen molar-refractivity contribution in [2.75, 3.05) is 13.1 Å². The van der Waals surface area contributed by atoms with Gasteiger partial charge in [0.25, 0.3) is 0 Å². The first kappa shape index (κ1) is 9.81. The quantitative estimate of drug-likeness (QED) is 0.647. The van der Waals surface area contributed by atoms with E-state index in [2.05, 4.69) is 5.32 Å². The molecule has 1 saturated heterocycles. The summed E-state index contributed by atoms with van der Waals surface area (Å²) in [5.41, 5.74) is 0.205. The molecule has 2 aliphatic rings. The Morgan fingerprint density at radius 3 is 2.42 bits per heavy atom. The molecule has 1 atom stereocenters. The molecule has 1 aliphatic carbocycles. The summed E-state index contributed by atoms with van der Waals surface area (Å²) in [5, 5.41) is 12.0. The number of carboxylic acids is 1. The van der Waals surface area contributed by atoms with E-state index in [0.717, 1.165) is 32.4 Å². The van der Waals surface area contributed by atoms with Gasteiger partial charge in [-0.3, -0.25) is 4.79 Å². The number of carbonyl (C=O) groups is 1. The highest BCUT2D eigenvalue weighted by Gasteiger charge is 2.57. The molecule has 0 aromatic rings. The average molecular weight is 192 g/mol. The Labute approximate surface area is 77.9 Å². The summed E-state index contributed by atoms with van der Waals surface area (Å²) in [5.74, 6) is -0.614. The van der Waals surface area contributed by atoms with Crippen molar-refractivity contribution in [3.63, 3.8) is 0 Å². The zero-order valence-electron chi connectivity index (χ0n) is 6.88. The molecule has 1 saturated carbocycles. The van der Waals surface area contributed by atoms with E-state index >= 15 is 0 Å². The fourth-order valence-electron chi connectivity index (χ4n) is 2.17. The van der Waals surface area contributed by atoms with Crippen LogP contribution in [0.25, 0.3) is 0 Å². The van der Waals surface area contributed by atoms with Gasteiger partial charge < -0.3 is 10.4 Å². The van der Waals surface area contributed by atoms with Gasteiger partial charge in [0, 0.05) is 0 Å². The predicted octanol–water partition coefficient (Wildman–Crippen LogP) is 0.882. The number of rotatable bonds is 1. The first-order valence-electron chi connectivity index (χ1n) is 4.18. The number of hydrogen-bond donors (Lipinski definition) is 2. The summed E-state index contributed by atoms with van der Waals surface area (Å²) in [6, 6.07) is 0. The van der Waals surface area contributed by atoms with Crippen LogP contribution in [0.1, 0.15) is 19.3 Å². The summed E-state index contributed by atoms with van der Waals surface area (Å²) < 4.78 is 0. The van der Waals surface area contributed by atoms with Crippen LogP contribution in [0.3, 0.4) is 0 Å². The van der Waals surface area contributed by atoms with E-state index in [0.29, 0.717) is 0 Å². The zero-order valence-corrected chi connectivity index (χ0v) is 7.69. The minimum atomic E-state index is -0.591. The number of aliphatic carboxylic acids is 1. The molecule has 1 spiro atoms.